The summed E-state index contributed by atoms with van der Waals surface area (Å²) in [5.41, 5.74) is 1.06. The number of nitrogens with zero attached hydrogens (tertiary/aromatic N) is 2. The predicted molar refractivity (Wildman–Crippen MR) is 99.2 cm³/mol. The monoisotopic (exact) mass is 386 g/mol. The first-order chi connectivity index (χ1) is 12.5. The Bertz CT molecular complexity index is 1180. The van der Waals surface area contributed by atoms with Gasteiger partial charge in [0, 0.05) is 0 Å². The van der Waals surface area contributed by atoms with E-state index in [1.807, 2.05) is 0 Å². The molecule has 8 heteroatoms. The Morgan fingerprint density at radius 3 is 2.65 bits per heavy atom. The largest absolute Gasteiger partial charge is 0.465 e. The molecule has 0 radical (unpaired) electrons. The van der Waals surface area contributed by atoms with Crippen LogP contribution in [0.25, 0.3) is 10.2 Å². The van der Waals surface area contributed by atoms with Crippen molar-refractivity contribution in [2.24, 2.45) is 4.40 Å². The molecule has 0 saturated carbocycles. The van der Waals surface area contributed by atoms with Gasteiger partial charge in [0.1, 0.15) is 0 Å². The highest BCUT2D eigenvalue weighted by Gasteiger charge is 2.15. The van der Waals surface area contributed by atoms with Crippen LogP contribution in [0.1, 0.15) is 10.4 Å². The van der Waals surface area contributed by atoms with Crippen molar-refractivity contribution in [1.29, 1.82) is 0 Å². The molecular formula is C18H14N2O4S2. The van der Waals surface area contributed by atoms with E-state index in [-0.39, 0.29) is 16.2 Å². The third kappa shape index (κ3) is 3.40. The number of carbonyl (C=O) groups excluding carboxylic acids is 1. The number of methoxy groups -OCH3 is 1. The molecule has 0 bridgehead atoms. The first kappa shape index (κ1) is 17.9. The van der Waals surface area contributed by atoms with Gasteiger partial charge < -0.3 is 9.30 Å². The summed E-state index contributed by atoms with van der Waals surface area (Å²) < 4.78 is 36.1. The Morgan fingerprint density at radius 2 is 2.00 bits per heavy atom. The first-order valence-electron chi connectivity index (χ1n) is 7.47. The summed E-state index contributed by atoms with van der Waals surface area (Å²) in [4.78, 5) is 12.0. The molecule has 1 heterocycles. The van der Waals surface area contributed by atoms with Crippen molar-refractivity contribution in [3.05, 3.63) is 58.9 Å². The average molecular weight is 386 g/mol. The SMILES string of the molecule is C#CCn1/c(=N/S(=O)(=O)c2ccccc2)sc2cc(C(=O)OC)ccc21. The Labute approximate surface area is 154 Å². The van der Waals surface area contributed by atoms with Crippen LogP contribution >= 0.6 is 11.3 Å². The summed E-state index contributed by atoms with van der Waals surface area (Å²) >= 11 is 1.14. The summed E-state index contributed by atoms with van der Waals surface area (Å²) in [5.74, 6) is 2.03. The minimum absolute atomic E-state index is 0.0972. The van der Waals surface area contributed by atoms with Crippen molar-refractivity contribution in [2.75, 3.05) is 7.11 Å². The zero-order chi connectivity index (χ0) is 18.7. The van der Waals surface area contributed by atoms with Crippen LogP contribution in [0.4, 0.5) is 0 Å². The van der Waals surface area contributed by atoms with Crippen molar-refractivity contribution < 1.29 is 17.9 Å². The molecule has 0 aliphatic rings. The van der Waals surface area contributed by atoms with Gasteiger partial charge in [0.05, 0.1) is 34.3 Å². The number of ether oxygens (including phenoxy) is 1. The van der Waals surface area contributed by atoms with E-state index in [2.05, 4.69) is 10.3 Å². The van der Waals surface area contributed by atoms with Crippen molar-refractivity contribution >= 4 is 37.5 Å². The number of carbonyl (C=O) groups is 1. The van der Waals surface area contributed by atoms with Crippen molar-refractivity contribution in [1.82, 2.24) is 4.57 Å². The highest BCUT2D eigenvalue weighted by Crippen LogP contribution is 2.20. The highest BCUT2D eigenvalue weighted by molar-refractivity contribution is 7.90. The Hall–Kier alpha value is -2.89. The molecule has 0 unspecified atom stereocenters. The lowest BCUT2D eigenvalue weighted by Gasteiger charge is -2.02. The quantitative estimate of drug-likeness (QED) is 0.510. The van der Waals surface area contributed by atoms with Gasteiger partial charge in [0.15, 0.2) is 0 Å². The lowest BCUT2D eigenvalue weighted by molar-refractivity contribution is 0.0601. The van der Waals surface area contributed by atoms with Crippen molar-refractivity contribution in [3.63, 3.8) is 0 Å². The minimum Gasteiger partial charge on any atom is -0.465 e. The van der Waals surface area contributed by atoms with E-state index in [9.17, 15) is 13.2 Å². The Kier molecular flexibility index (Phi) is 4.93. The zero-order valence-electron chi connectivity index (χ0n) is 13.7. The minimum atomic E-state index is -3.88. The second kappa shape index (κ2) is 7.15. The van der Waals surface area contributed by atoms with Crippen LogP contribution in [0, 0.1) is 12.3 Å². The number of rotatable bonds is 4. The van der Waals surface area contributed by atoms with Gasteiger partial charge in [-0.15, -0.1) is 10.8 Å². The molecule has 0 aliphatic heterocycles. The third-order valence-corrected chi connectivity index (χ3v) is 6.03. The number of fused-ring (bicyclic) bond motifs is 1. The van der Waals surface area contributed by atoms with Crippen LogP contribution in [-0.2, 0) is 21.3 Å². The zero-order valence-corrected chi connectivity index (χ0v) is 15.4. The van der Waals surface area contributed by atoms with E-state index < -0.39 is 16.0 Å². The van der Waals surface area contributed by atoms with Gasteiger partial charge in [-0.05, 0) is 30.3 Å². The highest BCUT2D eigenvalue weighted by atomic mass is 32.2. The van der Waals surface area contributed by atoms with Crippen LogP contribution in [-0.4, -0.2) is 26.1 Å². The number of aromatic nitrogens is 1. The first-order valence-corrected chi connectivity index (χ1v) is 9.73. The van der Waals surface area contributed by atoms with Crippen LogP contribution < -0.4 is 4.80 Å². The molecule has 132 valence electrons. The fourth-order valence-electron chi connectivity index (χ4n) is 2.38. The van der Waals surface area contributed by atoms with Crippen LogP contribution in [0.3, 0.4) is 0 Å². The van der Waals surface area contributed by atoms with E-state index >= 15 is 0 Å². The molecular weight excluding hydrogens is 372 g/mol. The number of terminal acetylenes is 1. The molecule has 0 saturated heterocycles. The number of benzene rings is 2. The normalized spacial score (nSPS) is 12.1. The predicted octanol–water partition coefficient (Wildman–Crippen LogP) is 2.41. The van der Waals surface area contributed by atoms with E-state index in [1.165, 1.54) is 19.2 Å². The summed E-state index contributed by atoms with van der Waals surface area (Å²) in [6.07, 6.45) is 5.42. The van der Waals surface area contributed by atoms with Gasteiger partial charge in [-0.2, -0.15) is 8.42 Å². The molecule has 26 heavy (non-hydrogen) atoms. The standard InChI is InChI=1S/C18H14N2O4S2/c1-3-11-20-15-10-9-13(17(21)24-2)12-16(15)25-18(20)19-26(22,23)14-7-5-4-6-8-14/h1,4-10,12H,11H2,2H3/b19-18-. The molecule has 3 aromatic rings. The Balaban J connectivity index is 2.23. The molecule has 0 spiro atoms. The topological polar surface area (TPSA) is 77.7 Å². The van der Waals surface area contributed by atoms with Gasteiger partial charge >= 0.3 is 5.97 Å². The molecule has 2 aromatic carbocycles. The molecule has 0 fully saturated rings. The van der Waals surface area contributed by atoms with E-state index in [4.69, 9.17) is 11.2 Å². The van der Waals surface area contributed by atoms with Gasteiger partial charge in [-0.1, -0.05) is 35.5 Å². The van der Waals surface area contributed by atoms with Gasteiger partial charge in [-0.3, -0.25) is 0 Å². The van der Waals surface area contributed by atoms with E-state index in [1.54, 1.807) is 41.0 Å². The maximum absolute atomic E-state index is 12.6. The summed E-state index contributed by atoms with van der Waals surface area (Å²) in [6.45, 7) is 0.153. The van der Waals surface area contributed by atoms with Crippen LogP contribution in [0.15, 0.2) is 57.8 Å². The maximum atomic E-state index is 12.6. The molecule has 0 amide bonds. The fraction of sp³-hybridized carbons (Fsp3) is 0.111. The van der Waals surface area contributed by atoms with Crippen LogP contribution in [0.2, 0.25) is 0 Å². The third-order valence-electron chi connectivity index (χ3n) is 3.59. The smallest absolute Gasteiger partial charge is 0.337 e. The number of hydrogen-bond acceptors (Lipinski definition) is 5. The fourth-order valence-corrected chi connectivity index (χ4v) is 4.67. The average Bonchev–Trinajstić information content (AvgIpc) is 2.98. The molecule has 0 aliphatic carbocycles. The number of hydrogen-bond donors (Lipinski definition) is 0. The second-order valence-electron chi connectivity index (χ2n) is 5.23. The van der Waals surface area contributed by atoms with Crippen molar-refractivity contribution in [2.45, 2.75) is 11.4 Å². The number of esters is 1. The summed E-state index contributed by atoms with van der Waals surface area (Å²) in [5, 5.41) is 0. The molecule has 1 aromatic heterocycles. The molecule has 0 N–H and O–H groups in total. The lowest BCUT2D eigenvalue weighted by atomic mass is 10.2. The van der Waals surface area contributed by atoms with Gasteiger partial charge in [0.2, 0.25) is 4.80 Å². The lowest BCUT2D eigenvalue weighted by Crippen LogP contribution is -2.16. The Morgan fingerprint density at radius 1 is 1.27 bits per heavy atom. The van der Waals surface area contributed by atoms with Crippen LogP contribution in [0.5, 0.6) is 0 Å². The van der Waals surface area contributed by atoms with Gasteiger partial charge in [0.25, 0.3) is 10.0 Å². The van der Waals surface area contributed by atoms with E-state index in [0.717, 1.165) is 11.3 Å². The number of sulfonamides is 1. The number of thiazole rings is 1. The molecule has 6 nitrogen and oxygen atoms in total. The summed E-state index contributed by atoms with van der Waals surface area (Å²) in [6, 6.07) is 12.9. The van der Waals surface area contributed by atoms with E-state index in [0.29, 0.717) is 15.8 Å². The van der Waals surface area contributed by atoms with Gasteiger partial charge in [-0.25, -0.2) is 4.79 Å². The van der Waals surface area contributed by atoms with Crippen molar-refractivity contribution in [3.8, 4) is 12.3 Å². The second-order valence-corrected chi connectivity index (χ2v) is 7.84. The summed E-state index contributed by atoms with van der Waals surface area (Å²) in [7, 11) is -2.58. The maximum Gasteiger partial charge on any atom is 0.337 e. The molecule has 3 rings (SSSR count). The molecule has 0 atom stereocenters.